The number of hydrogen-bond acceptors (Lipinski definition) is 3. The van der Waals surface area contributed by atoms with Gasteiger partial charge in [-0.15, -0.1) is 6.42 Å². The SMILES string of the molecule is C#CCNC(=O)CN1CCC(C(=O)N(C)C)CC1. The van der Waals surface area contributed by atoms with Gasteiger partial charge in [0.15, 0.2) is 0 Å². The molecule has 18 heavy (non-hydrogen) atoms. The minimum absolute atomic E-state index is 0.0506. The largest absolute Gasteiger partial charge is 0.349 e. The molecule has 0 unspecified atom stereocenters. The Bertz CT molecular complexity index is 339. The number of nitrogens with one attached hydrogen (secondary N) is 1. The Labute approximate surface area is 109 Å². The predicted molar refractivity (Wildman–Crippen MR) is 69.7 cm³/mol. The average molecular weight is 251 g/mol. The van der Waals surface area contributed by atoms with Crippen molar-refractivity contribution in [2.75, 3.05) is 40.3 Å². The van der Waals surface area contributed by atoms with Crippen LogP contribution in [0.5, 0.6) is 0 Å². The molecular weight excluding hydrogens is 230 g/mol. The summed E-state index contributed by atoms with van der Waals surface area (Å²) in [6.07, 6.45) is 6.71. The number of rotatable bonds is 4. The molecule has 0 bridgehead atoms. The Balaban J connectivity index is 2.29. The summed E-state index contributed by atoms with van der Waals surface area (Å²) in [5, 5.41) is 2.64. The number of carbonyl (C=O) groups is 2. The first-order chi connectivity index (χ1) is 8.54. The van der Waals surface area contributed by atoms with Gasteiger partial charge >= 0.3 is 0 Å². The molecule has 1 fully saturated rings. The van der Waals surface area contributed by atoms with Crippen LogP contribution >= 0.6 is 0 Å². The maximum atomic E-state index is 11.8. The molecular formula is C13H21N3O2. The van der Waals surface area contributed by atoms with Crippen LogP contribution in [0, 0.1) is 18.3 Å². The number of piperidine rings is 1. The number of likely N-dealkylation sites (tertiary alicyclic amines) is 1. The van der Waals surface area contributed by atoms with Gasteiger partial charge < -0.3 is 10.2 Å². The Morgan fingerprint density at radius 1 is 1.39 bits per heavy atom. The molecule has 2 amide bonds. The molecule has 1 rings (SSSR count). The number of carbonyl (C=O) groups excluding carboxylic acids is 2. The standard InChI is InChI=1S/C13H21N3O2/c1-4-7-14-12(17)10-16-8-5-11(6-9-16)13(18)15(2)3/h1,11H,5-10H2,2-3H3,(H,14,17). The number of amides is 2. The molecule has 0 aliphatic carbocycles. The summed E-state index contributed by atoms with van der Waals surface area (Å²) < 4.78 is 0. The molecule has 0 spiro atoms. The zero-order valence-corrected chi connectivity index (χ0v) is 11.1. The highest BCUT2D eigenvalue weighted by molar-refractivity contribution is 5.79. The van der Waals surface area contributed by atoms with Crippen LogP contribution in [0.1, 0.15) is 12.8 Å². The molecule has 5 nitrogen and oxygen atoms in total. The van der Waals surface area contributed by atoms with E-state index in [0.29, 0.717) is 6.54 Å². The number of terminal acetylenes is 1. The van der Waals surface area contributed by atoms with Crippen LogP contribution in [-0.2, 0) is 9.59 Å². The fourth-order valence-corrected chi connectivity index (χ4v) is 2.11. The van der Waals surface area contributed by atoms with E-state index >= 15 is 0 Å². The molecule has 0 aromatic heterocycles. The van der Waals surface area contributed by atoms with Gasteiger partial charge in [0.1, 0.15) is 0 Å². The van der Waals surface area contributed by atoms with E-state index in [1.165, 1.54) is 0 Å². The van der Waals surface area contributed by atoms with E-state index < -0.39 is 0 Å². The molecule has 1 aliphatic rings. The molecule has 1 aliphatic heterocycles. The minimum atomic E-state index is -0.0506. The summed E-state index contributed by atoms with van der Waals surface area (Å²) in [5.74, 6) is 2.61. The van der Waals surface area contributed by atoms with Gasteiger partial charge in [-0.2, -0.15) is 0 Å². The van der Waals surface area contributed by atoms with Crippen LogP contribution in [0.15, 0.2) is 0 Å². The molecule has 0 radical (unpaired) electrons. The monoisotopic (exact) mass is 251 g/mol. The summed E-state index contributed by atoms with van der Waals surface area (Å²) in [5.41, 5.74) is 0. The number of nitrogens with zero attached hydrogens (tertiary/aromatic N) is 2. The smallest absolute Gasteiger partial charge is 0.234 e. The van der Waals surface area contributed by atoms with E-state index in [4.69, 9.17) is 6.42 Å². The maximum absolute atomic E-state index is 11.8. The van der Waals surface area contributed by atoms with E-state index in [9.17, 15) is 9.59 Å². The fourth-order valence-electron chi connectivity index (χ4n) is 2.11. The Morgan fingerprint density at radius 3 is 2.50 bits per heavy atom. The lowest BCUT2D eigenvalue weighted by Gasteiger charge is -2.31. The summed E-state index contributed by atoms with van der Waals surface area (Å²) >= 11 is 0. The van der Waals surface area contributed by atoms with Gasteiger partial charge in [0.05, 0.1) is 13.1 Å². The molecule has 0 aromatic carbocycles. The van der Waals surface area contributed by atoms with Crippen LogP contribution in [0.4, 0.5) is 0 Å². The minimum Gasteiger partial charge on any atom is -0.349 e. The van der Waals surface area contributed by atoms with E-state index in [1.54, 1.807) is 19.0 Å². The van der Waals surface area contributed by atoms with Gasteiger partial charge in [-0.1, -0.05) is 5.92 Å². The van der Waals surface area contributed by atoms with Crippen LogP contribution in [0.3, 0.4) is 0 Å². The third kappa shape index (κ3) is 4.38. The Kier molecular flexibility index (Phi) is 5.66. The van der Waals surface area contributed by atoms with Gasteiger partial charge in [0, 0.05) is 20.0 Å². The summed E-state index contributed by atoms with van der Waals surface area (Å²) in [6, 6.07) is 0. The van der Waals surface area contributed by atoms with E-state index in [2.05, 4.69) is 16.1 Å². The van der Waals surface area contributed by atoms with Crippen molar-refractivity contribution < 1.29 is 9.59 Å². The van der Waals surface area contributed by atoms with E-state index in [0.717, 1.165) is 25.9 Å². The molecule has 0 aromatic rings. The average Bonchev–Trinajstić information content (AvgIpc) is 2.36. The summed E-state index contributed by atoms with van der Waals surface area (Å²) in [4.78, 5) is 26.9. The quantitative estimate of drug-likeness (QED) is 0.688. The topological polar surface area (TPSA) is 52.7 Å². The van der Waals surface area contributed by atoms with Crippen LogP contribution in [0.2, 0.25) is 0 Å². The zero-order chi connectivity index (χ0) is 13.5. The summed E-state index contributed by atoms with van der Waals surface area (Å²) in [6.45, 7) is 2.21. The molecule has 0 atom stereocenters. The van der Waals surface area contributed by atoms with Crippen LogP contribution in [-0.4, -0.2) is 61.9 Å². The summed E-state index contributed by atoms with van der Waals surface area (Å²) in [7, 11) is 3.56. The van der Waals surface area contributed by atoms with Crippen molar-refractivity contribution in [3.05, 3.63) is 0 Å². The predicted octanol–water partition coefficient (Wildman–Crippen LogP) is -0.464. The molecule has 5 heteroatoms. The first kappa shape index (κ1) is 14.5. The lowest BCUT2D eigenvalue weighted by atomic mass is 9.95. The third-order valence-electron chi connectivity index (χ3n) is 3.13. The second-order valence-electron chi connectivity index (χ2n) is 4.76. The van der Waals surface area contributed by atoms with E-state index in [1.807, 2.05) is 0 Å². The first-order valence-electron chi connectivity index (χ1n) is 6.18. The second kappa shape index (κ2) is 7.02. The van der Waals surface area contributed by atoms with Gasteiger partial charge in [-0.25, -0.2) is 0 Å². The zero-order valence-electron chi connectivity index (χ0n) is 11.1. The molecule has 100 valence electrons. The highest BCUT2D eigenvalue weighted by Crippen LogP contribution is 2.18. The van der Waals surface area contributed by atoms with Gasteiger partial charge in [-0.3, -0.25) is 14.5 Å². The highest BCUT2D eigenvalue weighted by atomic mass is 16.2. The van der Waals surface area contributed by atoms with Crippen molar-refractivity contribution in [2.45, 2.75) is 12.8 Å². The lowest BCUT2D eigenvalue weighted by molar-refractivity contribution is -0.134. The molecule has 0 saturated carbocycles. The third-order valence-corrected chi connectivity index (χ3v) is 3.13. The van der Waals surface area contributed by atoms with Crippen molar-refractivity contribution in [2.24, 2.45) is 5.92 Å². The Hall–Kier alpha value is -1.54. The first-order valence-corrected chi connectivity index (χ1v) is 6.18. The molecule has 1 heterocycles. The Morgan fingerprint density at radius 2 is 2.00 bits per heavy atom. The maximum Gasteiger partial charge on any atom is 0.234 e. The van der Waals surface area contributed by atoms with Crippen LogP contribution in [0.25, 0.3) is 0 Å². The molecule has 1 N–H and O–H groups in total. The van der Waals surface area contributed by atoms with Gasteiger partial charge in [0.25, 0.3) is 0 Å². The number of hydrogen-bond donors (Lipinski definition) is 1. The normalized spacial score (nSPS) is 16.9. The van der Waals surface area contributed by atoms with Gasteiger partial charge in [0.2, 0.25) is 11.8 Å². The van der Waals surface area contributed by atoms with Crippen molar-refractivity contribution in [3.8, 4) is 12.3 Å². The highest BCUT2D eigenvalue weighted by Gasteiger charge is 2.26. The van der Waals surface area contributed by atoms with Crippen molar-refractivity contribution in [1.29, 1.82) is 0 Å². The fraction of sp³-hybridized carbons (Fsp3) is 0.692. The molecule has 1 saturated heterocycles. The lowest BCUT2D eigenvalue weighted by Crippen LogP contribution is -2.44. The second-order valence-corrected chi connectivity index (χ2v) is 4.76. The van der Waals surface area contributed by atoms with Crippen molar-refractivity contribution in [3.63, 3.8) is 0 Å². The van der Waals surface area contributed by atoms with Crippen molar-refractivity contribution >= 4 is 11.8 Å². The van der Waals surface area contributed by atoms with Gasteiger partial charge in [-0.05, 0) is 25.9 Å². The van der Waals surface area contributed by atoms with Crippen LogP contribution < -0.4 is 5.32 Å². The van der Waals surface area contributed by atoms with E-state index in [-0.39, 0.29) is 24.3 Å². The van der Waals surface area contributed by atoms with Crippen molar-refractivity contribution in [1.82, 2.24) is 15.1 Å².